The predicted molar refractivity (Wildman–Crippen MR) is 143 cm³/mol. The molecule has 4 aromatic rings. The highest BCUT2D eigenvalue weighted by atomic mass is 79.9. The fourth-order valence-corrected chi connectivity index (χ4v) is 8.45. The normalized spacial score (nSPS) is 19.5. The molecule has 178 valence electrons. The van der Waals surface area contributed by atoms with Gasteiger partial charge in [0, 0.05) is 26.7 Å². The SMILES string of the molecule is Cc1ccc([S@](=O)C2=C[C@@H](CBr)N(S(=O)(=O)c3cccc4cccnc34)[C@H]2c2ccccc2)cc1. The number of pyridine rings is 1. The average Bonchev–Trinajstić information content (AvgIpc) is 3.29. The largest absolute Gasteiger partial charge is 0.255 e. The molecule has 1 aliphatic rings. The molecule has 0 bridgehead atoms. The maximum absolute atomic E-state index is 14.3. The molecule has 0 unspecified atom stereocenters. The minimum atomic E-state index is -4.02. The number of hydrogen-bond donors (Lipinski definition) is 0. The number of rotatable bonds is 6. The zero-order valence-electron chi connectivity index (χ0n) is 18.9. The molecule has 35 heavy (non-hydrogen) atoms. The molecule has 0 aliphatic carbocycles. The molecule has 3 aromatic carbocycles. The van der Waals surface area contributed by atoms with Crippen LogP contribution in [0.25, 0.3) is 10.9 Å². The van der Waals surface area contributed by atoms with E-state index in [1.807, 2.05) is 79.7 Å². The molecule has 3 atom stereocenters. The molecule has 0 fully saturated rings. The Bertz CT molecular complexity index is 1530. The second kappa shape index (κ2) is 9.78. The van der Waals surface area contributed by atoms with Crippen LogP contribution in [-0.2, 0) is 20.8 Å². The monoisotopic (exact) mass is 566 g/mol. The molecule has 0 spiro atoms. The van der Waals surface area contributed by atoms with Crippen molar-refractivity contribution in [2.75, 3.05) is 5.33 Å². The van der Waals surface area contributed by atoms with Crippen molar-refractivity contribution in [3.8, 4) is 0 Å². The van der Waals surface area contributed by atoms with Gasteiger partial charge in [-0.2, -0.15) is 4.31 Å². The van der Waals surface area contributed by atoms with Crippen LogP contribution in [0.3, 0.4) is 0 Å². The Morgan fingerprint density at radius 2 is 1.66 bits per heavy atom. The van der Waals surface area contributed by atoms with Crippen LogP contribution in [0.1, 0.15) is 17.2 Å². The van der Waals surface area contributed by atoms with E-state index in [-0.39, 0.29) is 4.90 Å². The van der Waals surface area contributed by atoms with Gasteiger partial charge in [-0.05, 0) is 36.8 Å². The lowest BCUT2D eigenvalue weighted by molar-refractivity contribution is 0.361. The first-order valence-corrected chi connectivity index (χ1v) is 14.8. The van der Waals surface area contributed by atoms with E-state index in [0.29, 0.717) is 20.6 Å². The molecular formula is C27H23BrN2O3S2. The van der Waals surface area contributed by atoms with E-state index in [1.54, 1.807) is 24.4 Å². The number of hydrogen-bond acceptors (Lipinski definition) is 4. The van der Waals surface area contributed by atoms with Gasteiger partial charge in [-0.15, -0.1) is 0 Å². The summed E-state index contributed by atoms with van der Waals surface area (Å²) in [7, 11) is -5.57. The summed E-state index contributed by atoms with van der Waals surface area (Å²) < 4.78 is 43.9. The summed E-state index contributed by atoms with van der Waals surface area (Å²) in [5, 5.41) is 1.11. The minimum absolute atomic E-state index is 0.137. The predicted octanol–water partition coefficient (Wildman–Crippen LogP) is 5.74. The molecule has 0 saturated heterocycles. The van der Waals surface area contributed by atoms with Gasteiger partial charge in [-0.1, -0.05) is 88.2 Å². The molecule has 5 rings (SSSR count). The average molecular weight is 568 g/mol. The zero-order chi connectivity index (χ0) is 24.6. The Labute approximate surface area is 216 Å². The highest BCUT2D eigenvalue weighted by Gasteiger charge is 2.46. The van der Waals surface area contributed by atoms with E-state index in [4.69, 9.17) is 0 Å². The van der Waals surface area contributed by atoms with Crippen molar-refractivity contribution in [3.63, 3.8) is 0 Å². The summed E-state index contributed by atoms with van der Waals surface area (Å²) in [6.07, 6.45) is 3.43. The van der Waals surface area contributed by atoms with Crippen molar-refractivity contribution in [3.05, 3.63) is 113 Å². The van der Waals surface area contributed by atoms with Gasteiger partial charge in [-0.3, -0.25) is 4.98 Å². The lowest BCUT2D eigenvalue weighted by Crippen LogP contribution is -2.39. The Morgan fingerprint density at radius 3 is 2.37 bits per heavy atom. The Kier molecular flexibility index (Phi) is 6.72. The summed E-state index contributed by atoms with van der Waals surface area (Å²) in [4.78, 5) is 5.72. The third-order valence-corrected chi connectivity index (χ3v) is 10.2. The topological polar surface area (TPSA) is 67.3 Å². The number of benzene rings is 3. The minimum Gasteiger partial charge on any atom is -0.255 e. The fourth-order valence-electron chi connectivity index (χ4n) is 4.41. The molecule has 1 aliphatic heterocycles. The molecule has 0 saturated carbocycles. The third-order valence-electron chi connectivity index (χ3n) is 6.08. The van der Waals surface area contributed by atoms with E-state index >= 15 is 0 Å². The van der Waals surface area contributed by atoms with Crippen LogP contribution in [0.15, 0.2) is 112 Å². The van der Waals surface area contributed by atoms with Crippen molar-refractivity contribution in [1.29, 1.82) is 0 Å². The van der Waals surface area contributed by atoms with Gasteiger partial charge in [0.1, 0.15) is 4.90 Å². The van der Waals surface area contributed by atoms with Crippen molar-refractivity contribution >= 4 is 47.7 Å². The smallest absolute Gasteiger partial charge is 0.246 e. The lowest BCUT2D eigenvalue weighted by Gasteiger charge is -2.30. The number of para-hydroxylation sites is 1. The van der Waals surface area contributed by atoms with Crippen molar-refractivity contribution in [2.24, 2.45) is 0 Å². The maximum atomic E-state index is 14.3. The maximum Gasteiger partial charge on any atom is 0.246 e. The molecule has 2 heterocycles. The van der Waals surface area contributed by atoms with Gasteiger partial charge in [0.05, 0.1) is 28.4 Å². The highest BCUT2D eigenvalue weighted by Crippen LogP contribution is 2.44. The number of aryl methyl sites for hydroxylation is 1. The zero-order valence-corrected chi connectivity index (χ0v) is 22.1. The summed E-state index contributed by atoms with van der Waals surface area (Å²) in [6.45, 7) is 1.97. The summed E-state index contributed by atoms with van der Waals surface area (Å²) >= 11 is 3.51. The number of nitrogens with zero attached hydrogens (tertiary/aromatic N) is 2. The van der Waals surface area contributed by atoms with Crippen LogP contribution in [0, 0.1) is 6.92 Å². The van der Waals surface area contributed by atoms with E-state index in [1.165, 1.54) is 4.31 Å². The second-order valence-corrected chi connectivity index (χ2v) is 12.3. The molecule has 0 N–H and O–H groups in total. The highest BCUT2D eigenvalue weighted by molar-refractivity contribution is 9.09. The second-order valence-electron chi connectivity index (χ2n) is 8.35. The molecule has 1 aromatic heterocycles. The van der Waals surface area contributed by atoms with Gasteiger partial charge in [0.15, 0.2) is 0 Å². The van der Waals surface area contributed by atoms with Crippen LogP contribution in [0.5, 0.6) is 0 Å². The van der Waals surface area contributed by atoms with Crippen LogP contribution in [0.4, 0.5) is 0 Å². The van der Waals surface area contributed by atoms with Crippen LogP contribution < -0.4 is 0 Å². The molecule has 8 heteroatoms. The fraction of sp³-hybridized carbons (Fsp3) is 0.148. The van der Waals surface area contributed by atoms with Gasteiger partial charge >= 0.3 is 0 Å². The lowest BCUT2D eigenvalue weighted by atomic mass is 10.1. The first-order valence-electron chi connectivity index (χ1n) is 11.1. The number of fused-ring (bicyclic) bond motifs is 1. The number of halogens is 1. The molecule has 0 amide bonds. The number of aromatic nitrogens is 1. The quantitative estimate of drug-likeness (QED) is 0.279. The van der Waals surface area contributed by atoms with Crippen molar-refractivity contribution in [1.82, 2.24) is 9.29 Å². The van der Waals surface area contributed by atoms with Crippen molar-refractivity contribution < 1.29 is 12.6 Å². The summed E-state index contributed by atoms with van der Waals surface area (Å²) in [5.74, 6) is 0. The number of alkyl halides is 1. The molecule has 5 nitrogen and oxygen atoms in total. The van der Waals surface area contributed by atoms with Gasteiger partial charge in [-0.25, -0.2) is 12.6 Å². The van der Waals surface area contributed by atoms with Crippen LogP contribution >= 0.6 is 15.9 Å². The van der Waals surface area contributed by atoms with E-state index in [2.05, 4.69) is 20.9 Å². The number of sulfonamides is 1. The first kappa shape index (κ1) is 24.1. The standard InChI is InChI=1S/C27H23BrN2O3S2/c1-19-12-14-23(15-13-19)34(31)24-17-22(18-28)30(27(24)21-7-3-2-4-8-21)35(32,33)25-11-5-9-20-10-6-16-29-26(20)25/h2-17,22,27H,18H2,1H3/t22-,27-,34-/m0/s1. The van der Waals surface area contributed by atoms with Gasteiger partial charge < -0.3 is 0 Å². The van der Waals surface area contributed by atoms with Crippen molar-refractivity contribution in [2.45, 2.75) is 28.8 Å². The summed E-state index contributed by atoms with van der Waals surface area (Å²) in [6, 6.07) is 24.4. The summed E-state index contributed by atoms with van der Waals surface area (Å²) in [5.41, 5.74) is 2.25. The Morgan fingerprint density at radius 1 is 0.943 bits per heavy atom. The molecular weight excluding hydrogens is 544 g/mol. The van der Waals surface area contributed by atoms with E-state index in [9.17, 15) is 12.6 Å². The van der Waals surface area contributed by atoms with E-state index in [0.717, 1.165) is 16.5 Å². The van der Waals surface area contributed by atoms with E-state index < -0.39 is 32.9 Å². The Balaban J connectivity index is 1.68. The van der Waals surface area contributed by atoms with Crippen LogP contribution in [0.2, 0.25) is 0 Å². The molecule has 0 radical (unpaired) electrons. The van der Waals surface area contributed by atoms with Gasteiger partial charge in [0.25, 0.3) is 0 Å². The van der Waals surface area contributed by atoms with Crippen LogP contribution in [-0.4, -0.2) is 33.3 Å². The third kappa shape index (κ3) is 4.40. The first-order chi connectivity index (χ1) is 16.9. The Hall–Kier alpha value is -2.65. The van der Waals surface area contributed by atoms with Gasteiger partial charge in [0.2, 0.25) is 10.0 Å².